The molecule has 2 aromatic rings. The molecule has 1 aromatic carbocycles. The number of benzene rings is 1. The van der Waals surface area contributed by atoms with E-state index in [0.717, 1.165) is 5.56 Å². The SMILES string of the molecule is NC(=NO)c1cc(COc2cccc(Cl)c2)ccn1. The first-order valence-corrected chi connectivity index (χ1v) is 5.88. The van der Waals surface area contributed by atoms with Crippen LogP contribution in [0.25, 0.3) is 0 Å². The van der Waals surface area contributed by atoms with Crippen LogP contribution in [0.4, 0.5) is 0 Å². The fraction of sp³-hybridized carbons (Fsp3) is 0.0769. The summed E-state index contributed by atoms with van der Waals surface area (Å²) in [7, 11) is 0. The topological polar surface area (TPSA) is 80.7 Å². The third kappa shape index (κ3) is 3.59. The van der Waals surface area contributed by atoms with Gasteiger partial charge in [0.25, 0.3) is 0 Å². The van der Waals surface area contributed by atoms with E-state index in [1.807, 2.05) is 12.1 Å². The molecule has 98 valence electrons. The van der Waals surface area contributed by atoms with Crippen molar-refractivity contribution in [2.75, 3.05) is 0 Å². The Morgan fingerprint density at radius 3 is 2.95 bits per heavy atom. The van der Waals surface area contributed by atoms with Crippen LogP contribution < -0.4 is 10.5 Å². The summed E-state index contributed by atoms with van der Waals surface area (Å²) in [6.07, 6.45) is 1.57. The molecule has 0 fully saturated rings. The van der Waals surface area contributed by atoms with Gasteiger partial charge < -0.3 is 15.7 Å². The van der Waals surface area contributed by atoms with E-state index in [1.165, 1.54) is 0 Å². The average Bonchev–Trinajstić information content (AvgIpc) is 2.45. The molecule has 0 amide bonds. The standard InChI is InChI=1S/C13H12ClN3O2/c14-10-2-1-3-11(7-10)19-8-9-4-5-16-12(6-9)13(15)17-18/h1-7,18H,8H2,(H2,15,17). The van der Waals surface area contributed by atoms with Gasteiger partial charge in [0.2, 0.25) is 0 Å². The minimum Gasteiger partial charge on any atom is -0.489 e. The fourth-order valence-electron chi connectivity index (χ4n) is 1.48. The van der Waals surface area contributed by atoms with Crippen LogP contribution in [-0.2, 0) is 6.61 Å². The zero-order chi connectivity index (χ0) is 13.7. The van der Waals surface area contributed by atoms with Crippen LogP contribution in [0.15, 0.2) is 47.8 Å². The molecule has 3 N–H and O–H groups in total. The van der Waals surface area contributed by atoms with Gasteiger partial charge in [0.1, 0.15) is 18.1 Å². The summed E-state index contributed by atoms with van der Waals surface area (Å²) < 4.78 is 5.59. The van der Waals surface area contributed by atoms with Crippen LogP contribution in [0.3, 0.4) is 0 Å². The maximum absolute atomic E-state index is 8.59. The van der Waals surface area contributed by atoms with E-state index >= 15 is 0 Å². The lowest BCUT2D eigenvalue weighted by atomic mass is 10.2. The van der Waals surface area contributed by atoms with Crippen molar-refractivity contribution in [3.05, 3.63) is 58.9 Å². The third-order valence-electron chi connectivity index (χ3n) is 2.40. The van der Waals surface area contributed by atoms with Crippen molar-refractivity contribution in [2.24, 2.45) is 10.9 Å². The summed E-state index contributed by atoms with van der Waals surface area (Å²) in [6.45, 7) is 0.342. The summed E-state index contributed by atoms with van der Waals surface area (Å²) in [4.78, 5) is 3.99. The number of halogens is 1. The van der Waals surface area contributed by atoms with Gasteiger partial charge in [-0.1, -0.05) is 22.8 Å². The van der Waals surface area contributed by atoms with Crippen LogP contribution in [-0.4, -0.2) is 16.0 Å². The van der Waals surface area contributed by atoms with E-state index in [-0.39, 0.29) is 5.84 Å². The molecule has 0 radical (unpaired) electrons. The Kier molecular flexibility index (Phi) is 4.20. The number of hydrogen-bond donors (Lipinski definition) is 2. The highest BCUT2D eigenvalue weighted by Crippen LogP contribution is 2.18. The Morgan fingerprint density at radius 2 is 2.21 bits per heavy atom. The average molecular weight is 278 g/mol. The van der Waals surface area contributed by atoms with Crippen LogP contribution >= 0.6 is 11.6 Å². The Labute approximate surface area is 115 Å². The van der Waals surface area contributed by atoms with Crippen molar-refractivity contribution in [3.8, 4) is 5.75 Å². The molecule has 0 spiro atoms. The van der Waals surface area contributed by atoms with Crippen molar-refractivity contribution in [2.45, 2.75) is 6.61 Å². The number of nitrogens with zero attached hydrogens (tertiary/aromatic N) is 2. The second-order valence-electron chi connectivity index (χ2n) is 3.78. The van der Waals surface area contributed by atoms with Crippen LogP contribution in [0.5, 0.6) is 5.75 Å². The monoisotopic (exact) mass is 277 g/mol. The Bertz CT molecular complexity index is 602. The first kappa shape index (κ1) is 13.2. The number of amidine groups is 1. The second kappa shape index (κ2) is 6.06. The predicted octanol–water partition coefficient (Wildman–Crippen LogP) is 2.41. The van der Waals surface area contributed by atoms with Crippen molar-refractivity contribution in [1.29, 1.82) is 0 Å². The summed E-state index contributed by atoms with van der Waals surface area (Å²) in [5.41, 5.74) is 6.73. The molecule has 1 heterocycles. The van der Waals surface area contributed by atoms with Gasteiger partial charge in [0.05, 0.1) is 0 Å². The first-order chi connectivity index (χ1) is 9.19. The summed E-state index contributed by atoms with van der Waals surface area (Å²) in [5, 5.41) is 12.1. The highest BCUT2D eigenvalue weighted by atomic mass is 35.5. The molecule has 2 rings (SSSR count). The summed E-state index contributed by atoms with van der Waals surface area (Å²) in [5.74, 6) is 0.638. The molecule has 6 heteroatoms. The van der Waals surface area contributed by atoms with Crippen molar-refractivity contribution >= 4 is 17.4 Å². The number of hydrogen-bond acceptors (Lipinski definition) is 4. The molecule has 0 unspecified atom stereocenters. The summed E-state index contributed by atoms with van der Waals surface area (Å²) >= 11 is 5.86. The van der Waals surface area contributed by atoms with Crippen LogP contribution in [0.1, 0.15) is 11.3 Å². The van der Waals surface area contributed by atoms with Crippen molar-refractivity contribution in [3.63, 3.8) is 0 Å². The molecule has 0 aliphatic rings. The van der Waals surface area contributed by atoms with Gasteiger partial charge in [-0.25, -0.2) is 0 Å². The van der Waals surface area contributed by atoms with Gasteiger partial charge in [0, 0.05) is 11.2 Å². The lowest BCUT2D eigenvalue weighted by molar-refractivity contribution is 0.306. The minimum atomic E-state index is -0.0374. The molecular formula is C13H12ClN3O2. The Morgan fingerprint density at radius 1 is 1.37 bits per heavy atom. The maximum Gasteiger partial charge on any atom is 0.188 e. The Balaban J connectivity index is 2.08. The van der Waals surface area contributed by atoms with Gasteiger partial charge in [-0.05, 0) is 35.9 Å². The van der Waals surface area contributed by atoms with Crippen molar-refractivity contribution < 1.29 is 9.94 Å². The van der Waals surface area contributed by atoms with Gasteiger partial charge in [-0.2, -0.15) is 0 Å². The lowest BCUT2D eigenvalue weighted by Crippen LogP contribution is -2.15. The summed E-state index contributed by atoms with van der Waals surface area (Å²) in [6, 6.07) is 10.6. The first-order valence-electron chi connectivity index (χ1n) is 5.50. The van der Waals surface area contributed by atoms with E-state index < -0.39 is 0 Å². The van der Waals surface area contributed by atoms with Crippen LogP contribution in [0, 0.1) is 0 Å². The lowest BCUT2D eigenvalue weighted by Gasteiger charge is -2.07. The highest BCUT2D eigenvalue weighted by molar-refractivity contribution is 6.30. The molecule has 0 saturated carbocycles. The number of oxime groups is 1. The molecule has 0 bridgehead atoms. The van der Waals surface area contributed by atoms with Gasteiger partial charge in [-0.3, -0.25) is 4.98 Å². The molecular weight excluding hydrogens is 266 g/mol. The van der Waals surface area contributed by atoms with Crippen LogP contribution in [0.2, 0.25) is 5.02 Å². The van der Waals surface area contributed by atoms with Gasteiger partial charge in [-0.15, -0.1) is 0 Å². The molecule has 0 saturated heterocycles. The molecule has 5 nitrogen and oxygen atoms in total. The molecule has 1 aromatic heterocycles. The molecule has 0 atom stereocenters. The minimum absolute atomic E-state index is 0.0374. The third-order valence-corrected chi connectivity index (χ3v) is 2.63. The Hall–Kier alpha value is -2.27. The van der Waals surface area contributed by atoms with E-state index in [4.69, 9.17) is 27.3 Å². The number of nitrogens with two attached hydrogens (primary N) is 1. The number of aromatic nitrogens is 1. The largest absolute Gasteiger partial charge is 0.489 e. The quantitative estimate of drug-likeness (QED) is 0.389. The van der Waals surface area contributed by atoms with Gasteiger partial charge >= 0.3 is 0 Å². The smallest absolute Gasteiger partial charge is 0.188 e. The van der Waals surface area contributed by atoms with Crippen molar-refractivity contribution in [1.82, 2.24) is 4.98 Å². The normalized spacial score (nSPS) is 11.3. The highest BCUT2D eigenvalue weighted by Gasteiger charge is 2.03. The van der Waals surface area contributed by atoms with E-state index in [2.05, 4.69) is 10.1 Å². The molecule has 19 heavy (non-hydrogen) atoms. The second-order valence-corrected chi connectivity index (χ2v) is 4.22. The molecule has 0 aliphatic carbocycles. The number of pyridine rings is 1. The zero-order valence-electron chi connectivity index (χ0n) is 9.95. The predicted molar refractivity (Wildman–Crippen MR) is 72.5 cm³/mol. The van der Waals surface area contributed by atoms with E-state index in [9.17, 15) is 0 Å². The van der Waals surface area contributed by atoms with Gasteiger partial charge in [0.15, 0.2) is 5.84 Å². The maximum atomic E-state index is 8.59. The fourth-order valence-corrected chi connectivity index (χ4v) is 1.66. The molecule has 0 aliphatic heterocycles. The van der Waals surface area contributed by atoms with E-state index in [0.29, 0.717) is 23.1 Å². The van der Waals surface area contributed by atoms with E-state index in [1.54, 1.807) is 30.5 Å². The number of ether oxygens (including phenoxy) is 1. The zero-order valence-corrected chi connectivity index (χ0v) is 10.7. The number of rotatable bonds is 4.